The quantitative estimate of drug-likeness (QED) is 0.792. The van der Waals surface area contributed by atoms with Gasteiger partial charge >= 0.3 is 0 Å². The van der Waals surface area contributed by atoms with E-state index in [0.29, 0.717) is 17.8 Å². The Morgan fingerprint density at radius 2 is 2.17 bits per heavy atom. The molecule has 0 unspecified atom stereocenters. The number of nitrogens with one attached hydrogen (secondary N) is 1. The first-order valence-corrected chi connectivity index (χ1v) is 6.35. The van der Waals surface area contributed by atoms with Gasteiger partial charge in [0.2, 0.25) is 0 Å². The molecule has 98 valence electrons. The molecular weight excluding hydrogens is 226 g/mol. The molecule has 0 heterocycles. The van der Waals surface area contributed by atoms with E-state index >= 15 is 0 Å². The molecule has 1 amide bonds. The molecule has 0 spiro atoms. The number of amides is 1. The van der Waals surface area contributed by atoms with Crippen molar-refractivity contribution in [2.75, 3.05) is 26.4 Å². The second kappa shape index (κ2) is 4.98. The summed E-state index contributed by atoms with van der Waals surface area (Å²) in [4.78, 5) is 14.2. The molecule has 4 heteroatoms. The number of nitrogens with two attached hydrogens (primary N) is 1. The average Bonchev–Trinajstić information content (AvgIpc) is 2.26. The number of carbonyl (C=O) groups is 1. The van der Waals surface area contributed by atoms with Crippen molar-refractivity contribution >= 4 is 11.6 Å². The number of hydrogen-bond donors (Lipinski definition) is 2. The van der Waals surface area contributed by atoms with Crippen molar-refractivity contribution in [2.24, 2.45) is 0 Å². The lowest BCUT2D eigenvalue weighted by atomic mass is 9.75. The molecule has 0 atom stereocenters. The zero-order valence-electron chi connectivity index (χ0n) is 11.1. The number of carbonyl (C=O) groups excluding carboxylic acids is 1. The van der Waals surface area contributed by atoms with Crippen LogP contribution in [0.15, 0.2) is 24.3 Å². The van der Waals surface area contributed by atoms with Crippen molar-refractivity contribution in [3.63, 3.8) is 0 Å². The number of nitrogen functional groups attached to an aromatic ring is 1. The van der Waals surface area contributed by atoms with Crippen LogP contribution in [0, 0.1) is 0 Å². The van der Waals surface area contributed by atoms with E-state index in [1.54, 1.807) is 24.3 Å². The summed E-state index contributed by atoms with van der Waals surface area (Å²) in [6, 6.07) is 7.08. The molecule has 1 aliphatic carbocycles. The van der Waals surface area contributed by atoms with Crippen LogP contribution in [0.2, 0.25) is 0 Å². The maximum Gasteiger partial charge on any atom is 0.251 e. The second-order valence-electron chi connectivity index (χ2n) is 5.28. The maximum absolute atomic E-state index is 12.0. The van der Waals surface area contributed by atoms with Crippen LogP contribution < -0.4 is 11.1 Å². The molecule has 18 heavy (non-hydrogen) atoms. The number of benzene rings is 1. The summed E-state index contributed by atoms with van der Waals surface area (Å²) in [5.74, 6) is -0.0459. The highest BCUT2D eigenvalue weighted by molar-refractivity contribution is 5.95. The number of anilines is 1. The Kier molecular flexibility index (Phi) is 3.57. The summed E-state index contributed by atoms with van der Waals surface area (Å²) in [7, 11) is 4.15. The molecule has 0 saturated heterocycles. The van der Waals surface area contributed by atoms with Crippen LogP contribution in [0.3, 0.4) is 0 Å². The zero-order valence-corrected chi connectivity index (χ0v) is 11.1. The first-order valence-electron chi connectivity index (χ1n) is 6.35. The summed E-state index contributed by atoms with van der Waals surface area (Å²) < 4.78 is 0. The third-order valence-electron chi connectivity index (χ3n) is 3.96. The van der Waals surface area contributed by atoms with E-state index in [-0.39, 0.29) is 11.4 Å². The fraction of sp³-hybridized carbons (Fsp3) is 0.500. The Morgan fingerprint density at radius 3 is 2.67 bits per heavy atom. The summed E-state index contributed by atoms with van der Waals surface area (Å²) in [5.41, 5.74) is 7.07. The number of likely N-dealkylation sites (N-methyl/N-ethyl adjacent to an activating group) is 1. The molecule has 3 N–H and O–H groups in total. The second-order valence-corrected chi connectivity index (χ2v) is 5.28. The molecule has 1 aromatic rings. The molecule has 2 rings (SSSR count). The van der Waals surface area contributed by atoms with Gasteiger partial charge in [-0.05, 0) is 51.6 Å². The Balaban J connectivity index is 1.96. The van der Waals surface area contributed by atoms with E-state index in [9.17, 15) is 4.79 Å². The van der Waals surface area contributed by atoms with Crippen molar-refractivity contribution in [3.05, 3.63) is 29.8 Å². The van der Waals surface area contributed by atoms with Crippen LogP contribution in [0.4, 0.5) is 5.69 Å². The van der Waals surface area contributed by atoms with E-state index in [4.69, 9.17) is 5.73 Å². The van der Waals surface area contributed by atoms with Crippen LogP contribution in [-0.2, 0) is 0 Å². The van der Waals surface area contributed by atoms with Crippen LogP contribution >= 0.6 is 0 Å². The lowest BCUT2D eigenvalue weighted by Crippen LogP contribution is -2.57. The number of rotatable bonds is 4. The van der Waals surface area contributed by atoms with Crippen molar-refractivity contribution in [2.45, 2.75) is 24.8 Å². The molecule has 1 saturated carbocycles. The highest BCUT2D eigenvalue weighted by atomic mass is 16.1. The maximum atomic E-state index is 12.0. The van der Waals surface area contributed by atoms with Crippen LogP contribution in [-0.4, -0.2) is 37.0 Å². The smallest absolute Gasteiger partial charge is 0.251 e. The van der Waals surface area contributed by atoms with Crippen molar-refractivity contribution in [1.82, 2.24) is 10.2 Å². The average molecular weight is 247 g/mol. The van der Waals surface area contributed by atoms with Gasteiger partial charge in [0.1, 0.15) is 0 Å². The van der Waals surface area contributed by atoms with Crippen LogP contribution in [0.5, 0.6) is 0 Å². The Hall–Kier alpha value is -1.55. The SMILES string of the molecule is CN(C)C1(CNC(=O)c2cccc(N)c2)CCC1. The van der Waals surface area contributed by atoms with Crippen LogP contribution in [0.1, 0.15) is 29.6 Å². The van der Waals surface area contributed by atoms with E-state index in [2.05, 4.69) is 24.3 Å². The highest BCUT2D eigenvalue weighted by Crippen LogP contribution is 2.35. The molecule has 1 fully saturated rings. The molecule has 1 aromatic carbocycles. The zero-order chi connectivity index (χ0) is 13.2. The topological polar surface area (TPSA) is 58.4 Å². The van der Waals surface area contributed by atoms with E-state index in [1.165, 1.54) is 6.42 Å². The number of hydrogen-bond acceptors (Lipinski definition) is 3. The van der Waals surface area contributed by atoms with Gasteiger partial charge in [0.25, 0.3) is 5.91 Å². The van der Waals surface area contributed by atoms with Gasteiger partial charge in [-0.15, -0.1) is 0 Å². The normalized spacial score (nSPS) is 17.3. The van der Waals surface area contributed by atoms with E-state index in [0.717, 1.165) is 12.8 Å². The Labute approximate surface area is 108 Å². The standard InChI is InChI=1S/C14H21N3O/c1-17(2)14(7-4-8-14)10-16-13(18)11-5-3-6-12(15)9-11/h3,5-6,9H,4,7-8,10,15H2,1-2H3,(H,16,18). The lowest BCUT2D eigenvalue weighted by molar-refractivity contribution is 0.0557. The molecule has 0 bridgehead atoms. The minimum atomic E-state index is -0.0459. The van der Waals surface area contributed by atoms with Gasteiger partial charge in [0, 0.05) is 23.3 Å². The van der Waals surface area contributed by atoms with Gasteiger partial charge in [-0.25, -0.2) is 0 Å². The minimum Gasteiger partial charge on any atom is -0.399 e. The fourth-order valence-electron chi connectivity index (χ4n) is 2.39. The third-order valence-corrected chi connectivity index (χ3v) is 3.96. The predicted octanol–water partition coefficient (Wildman–Crippen LogP) is 1.48. The lowest BCUT2D eigenvalue weighted by Gasteiger charge is -2.47. The molecule has 0 aromatic heterocycles. The first kappa shape index (κ1) is 12.9. The summed E-state index contributed by atoms with van der Waals surface area (Å²) in [6.07, 6.45) is 3.54. The summed E-state index contributed by atoms with van der Waals surface area (Å²) in [5, 5.41) is 3.01. The minimum absolute atomic E-state index is 0.0459. The fourth-order valence-corrected chi connectivity index (χ4v) is 2.39. The van der Waals surface area contributed by atoms with Gasteiger partial charge in [0.05, 0.1) is 0 Å². The molecule has 0 aliphatic heterocycles. The van der Waals surface area contributed by atoms with Crippen molar-refractivity contribution < 1.29 is 4.79 Å². The van der Waals surface area contributed by atoms with Crippen molar-refractivity contribution in [3.8, 4) is 0 Å². The highest BCUT2D eigenvalue weighted by Gasteiger charge is 2.39. The molecule has 0 radical (unpaired) electrons. The predicted molar refractivity (Wildman–Crippen MR) is 73.5 cm³/mol. The van der Waals surface area contributed by atoms with E-state index in [1.807, 2.05) is 0 Å². The molecular formula is C14H21N3O. The van der Waals surface area contributed by atoms with Crippen molar-refractivity contribution in [1.29, 1.82) is 0 Å². The van der Waals surface area contributed by atoms with Gasteiger partial charge in [-0.1, -0.05) is 6.07 Å². The van der Waals surface area contributed by atoms with E-state index < -0.39 is 0 Å². The third kappa shape index (κ3) is 2.48. The molecule has 4 nitrogen and oxygen atoms in total. The van der Waals surface area contributed by atoms with Crippen LogP contribution in [0.25, 0.3) is 0 Å². The monoisotopic (exact) mass is 247 g/mol. The molecule has 1 aliphatic rings. The largest absolute Gasteiger partial charge is 0.399 e. The van der Waals surface area contributed by atoms with Gasteiger partial charge in [-0.3, -0.25) is 4.79 Å². The number of nitrogens with zero attached hydrogens (tertiary/aromatic N) is 1. The Bertz CT molecular complexity index is 438. The Morgan fingerprint density at radius 1 is 1.44 bits per heavy atom. The van der Waals surface area contributed by atoms with Gasteiger partial charge in [0.15, 0.2) is 0 Å². The first-order chi connectivity index (χ1) is 8.53. The van der Waals surface area contributed by atoms with Gasteiger partial charge in [-0.2, -0.15) is 0 Å². The van der Waals surface area contributed by atoms with Gasteiger partial charge < -0.3 is 16.0 Å². The summed E-state index contributed by atoms with van der Waals surface area (Å²) >= 11 is 0. The summed E-state index contributed by atoms with van der Waals surface area (Å²) in [6.45, 7) is 0.702.